The van der Waals surface area contributed by atoms with E-state index in [9.17, 15) is 14.7 Å². The van der Waals surface area contributed by atoms with Gasteiger partial charge in [0.2, 0.25) is 0 Å². The van der Waals surface area contributed by atoms with E-state index in [4.69, 9.17) is 16.3 Å². The smallest absolute Gasteiger partial charge is 0.260 e. The number of hydrogen-bond acceptors (Lipinski definition) is 5. The van der Waals surface area contributed by atoms with Crippen molar-refractivity contribution in [1.82, 2.24) is 14.7 Å². The zero-order chi connectivity index (χ0) is 22.7. The van der Waals surface area contributed by atoms with Crippen LogP contribution in [0.5, 0.6) is 5.75 Å². The van der Waals surface area contributed by atoms with E-state index in [0.717, 1.165) is 0 Å². The number of para-hydroxylation sites is 1. The summed E-state index contributed by atoms with van der Waals surface area (Å²) in [7, 11) is 0. The van der Waals surface area contributed by atoms with Crippen molar-refractivity contribution in [3.8, 4) is 5.75 Å². The van der Waals surface area contributed by atoms with Gasteiger partial charge in [-0.1, -0.05) is 29.8 Å². The monoisotopic (exact) mass is 457 g/mol. The molecule has 170 valence electrons. The van der Waals surface area contributed by atoms with Crippen LogP contribution in [0, 0.1) is 0 Å². The molecule has 32 heavy (non-hydrogen) atoms. The first-order valence-corrected chi connectivity index (χ1v) is 11.2. The highest BCUT2D eigenvalue weighted by atomic mass is 35.5. The molecule has 2 fully saturated rings. The van der Waals surface area contributed by atoms with E-state index in [1.165, 1.54) is 0 Å². The molecule has 0 saturated carbocycles. The molecule has 0 radical (unpaired) electrons. The minimum Gasteiger partial charge on any atom is -0.484 e. The SMILES string of the molecule is CC1(CO)CN(C(=O)c2ccc(Cl)cc2)CC2CN(C(=O)COc3ccccc3)CCN21. The van der Waals surface area contributed by atoms with Gasteiger partial charge in [-0.05, 0) is 43.3 Å². The van der Waals surface area contributed by atoms with Crippen LogP contribution in [0.4, 0.5) is 0 Å². The van der Waals surface area contributed by atoms with Crippen LogP contribution in [-0.2, 0) is 4.79 Å². The van der Waals surface area contributed by atoms with Gasteiger partial charge >= 0.3 is 0 Å². The van der Waals surface area contributed by atoms with E-state index in [2.05, 4.69) is 4.90 Å². The normalized spacial score (nSPS) is 23.5. The number of halogens is 1. The number of piperazine rings is 2. The zero-order valence-electron chi connectivity index (χ0n) is 18.1. The second-order valence-corrected chi connectivity index (χ2v) is 9.07. The van der Waals surface area contributed by atoms with Crippen molar-refractivity contribution in [3.05, 3.63) is 65.2 Å². The molecule has 0 aliphatic carbocycles. The van der Waals surface area contributed by atoms with E-state index in [1.807, 2.05) is 37.3 Å². The lowest BCUT2D eigenvalue weighted by Gasteiger charge is -2.56. The van der Waals surface area contributed by atoms with Crippen LogP contribution in [-0.4, -0.2) is 89.1 Å². The Hall–Kier alpha value is -2.61. The van der Waals surface area contributed by atoms with Gasteiger partial charge in [0.1, 0.15) is 5.75 Å². The summed E-state index contributed by atoms with van der Waals surface area (Å²) in [4.78, 5) is 31.7. The summed E-state index contributed by atoms with van der Waals surface area (Å²) in [6.07, 6.45) is 0. The molecule has 7 nitrogen and oxygen atoms in total. The molecule has 2 aromatic carbocycles. The average molecular weight is 458 g/mol. The third kappa shape index (κ3) is 4.75. The van der Waals surface area contributed by atoms with Crippen molar-refractivity contribution in [3.63, 3.8) is 0 Å². The van der Waals surface area contributed by atoms with Crippen LogP contribution in [0.2, 0.25) is 5.02 Å². The number of carbonyl (C=O) groups is 2. The molecule has 0 bridgehead atoms. The van der Waals surface area contributed by atoms with E-state index >= 15 is 0 Å². The van der Waals surface area contributed by atoms with Crippen molar-refractivity contribution in [2.45, 2.75) is 18.5 Å². The fourth-order valence-corrected chi connectivity index (χ4v) is 4.72. The first kappa shape index (κ1) is 22.6. The number of benzene rings is 2. The van der Waals surface area contributed by atoms with Gasteiger partial charge in [-0.25, -0.2) is 0 Å². The Bertz CT molecular complexity index is 955. The Morgan fingerprint density at radius 1 is 1.06 bits per heavy atom. The van der Waals surface area contributed by atoms with Gasteiger partial charge in [0.05, 0.1) is 12.1 Å². The molecule has 0 spiro atoms. The van der Waals surface area contributed by atoms with Crippen LogP contribution in [0.15, 0.2) is 54.6 Å². The Labute approximate surface area is 193 Å². The number of nitrogens with zero attached hydrogens (tertiary/aromatic N) is 3. The van der Waals surface area contributed by atoms with Gasteiger partial charge in [0, 0.05) is 49.4 Å². The molecule has 4 rings (SSSR count). The molecular weight excluding hydrogens is 430 g/mol. The summed E-state index contributed by atoms with van der Waals surface area (Å²) in [6.45, 7) is 4.47. The van der Waals surface area contributed by atoms with Crippen LogP contribution in [0.3, 0.4) is 0 Å². The summed E-state index contributed by atoms with van der Waals surface area (Å²) in [5.74, 6) is 0.474. The number of rotatable bonds is 5. The van der Waals surface area contributed by atoms with Crippen molar-refractivity contribution >= 4 is 23.4 Å². The predicted octanol–water partition coefficient (Wildman–Crippen LogP) is 2.14. The lowest BCUT2D eigenvalue weighted by atomic mass is 9.91. The molecule has 2 unspecified atom stereocenters. The number of amides is 2. The lowest BCUT2D eigenvalue weighted by Crippen LogP contribution is -2.72. The minimum atomic E-state index is -0.569. The van der Waals surface area contributed by atoms with Crippen LogP contribution in [0.25, 0.3) is 0 Å². The number of aliphatic hydroxyl groups is 1. The quantitative estimate of drug-likeness (QED) is 0.744. The van der Waals surface area contributed by atoms with Crippen LogP contribution >= 0.6 is 11.6 Å². The summed E-state index contributed by atoms with van der Waals surface area (Å²) < 4.78 is 5.63. The molecule has 2 aromatic rings. The van der Waals surface area contributed by atoms with E-state index in [0.29, 0.717) is 49.1 Å². The second kappa shape index (κ2) is 9.48. The van der Waals surface area contributed by atoms with Gasteiger partial charge in [-0.2, -0.15) is 0 Å². The summed E-state index contributed by atoms with van der Waals surface area (Å²) >= 11 is 5.96. The van der Waals surface area contributed by atoms with Crippen molar-refractivity contribution in [2.24, 2.45) is 0 Å². The number of aliphatic hydroxyl groups excluding tert-OH is 1. The number of ether oxygens (including phenoxy) is 1. The molecule has 2 aliphatic rings. The second-order valence-electron chi connectivity index (χ2n) is 8.64. The van der Waals surface area contributed by atoms with E-state index in [1.54, 1.807) is 34.1 Å². The Morgan fingerprint density at radius 2 is 1.75 bits per heavy atom. The Kier molecular flexibility index (Phi) is 6.69. The lowest BCUT2D eigenvalue weighted by molar-refractivity contribution is -0.142. The molecule has 2 heterocycles. The van der Waals surface area contributed by atoms with Crippen LogP contribution in [0.1, 0.15) is 17.3 Å². The molecule has 2 saturated heterocycles. The number of carbonyl (C=O) groups excluding carboxylic acids is 2. The predicted molar refractivity (Wildman–Crippen MR) is 122 cm³/mol. The molecule has 2 aliphatic heterocycles. The first-order chi connectivity index (χ1) is 15.4. The third-order valence-corrected chi connectivity index (χ3v) is 6.57. The summed E-state index contributed by atoms with van der Waals surface area (Å²) in [6, 6.07) is 16.0. The molecule has 0 aromatic heterocycles. The summed E-state index contributed by atoms with van der Waals surface area (Å²) in [5.41, 5.74) is -0.0103. The largest absolute Gasteiger partial charge is 0.484 e. The standard InChI is InChI=1S/C24H28ClN3O4/c1-24(17-29)16-27(23(31)18-7-9-19(25)10-8-18)14-20-13-26(11-12-28(20)24)22(30)15-32-21-5-3-2-4-6-21/h2-10,20,29H,11-17H2,1H3. The van der Waals surface area contributed by atoms with Crippen molar-refractivity contribution in [2.75, 3.05) is 45.9 Å². The highest BCUT2D eigenvalue weighted by molar-refractivity contribution is 6.30. The fourth-order valence-electron chi connectivity index (χ4n) is 4.59. The summed E-state index contributed by atoms with van der Waals surface area (Å²) in [5, 5.41) is 10.8. The topological polar surface area (TPSA) is 73.3 Å². The number of hydrogen-bond donors (Lipinski definition) is 1. The first-order valence-electron chi connectivity index (χ1n) is 10.8. The van der Waals surface area contributed by atoms with Crippen molar-refractivity contribution < 1.29 is 19.4 Å². The number of fused-ring (bicyclic) bond motifs is 1. The van der Waals surface area contributed by atoms with Gasteiger partial charge in [-0.15, -0.1) is 0 Å². The molecule has 1 N–H and O–H groups in total. The minimum absolute atomic E-state index is 0.0264. The average Bonchev–Trinajstić information content (AvgIpc) is 2.82. The van der Waals surface area contributed by atoms with Crippen molar-refractivity contribution in [1.29, 1.82) is 0 Å². The Balaban J connectivity index is 1.45. The van der Waals surface area contributed by atoms with E-state index < -0.39 is 5.54 Å². The zero-order valence-corrected chi connectivity index (χ0v) is 18.9. The van der Waals surface area contributed by atoms with Gasteiger partial charge < -0.3 is 19.6 Å². The third-order valence-electron chi connectivity index (χ3n) is 6.32. The van der Waals surface area contributed by atoms with E-state index in [-0.39, 0.29) is 31.1 Å². The van der Waals surface area contributed by atoms with Gasteiger partial charge in [0.25, 0.3) is 11.8 Å². The van der Waals surface area contributed by atoms with Gasteiger partial charge in [0.15, 0.2) is 6.61 Å². The Morgan fingerprint density at radius 3 is 2.44 bits per heavy atom. The maximum Gasteiger partial charge on any atom is 0.260 e. The molecule has 8 heteroatoms. The highest BCUT2D eigenvalue weighted by Gasteiger charge is 2.46. The molecule has 2 atom stereocenters. The highest BCUT2D eigenvalue weighted by Crippen LogP contribution is 2.29. The maximum absolute atomic E-state index is 13.1. The fraction of sp³-hybridized carbons (Fsp3) is 0.417. The molecule has 2 amide bonds. The van der Waals surface area contributed by atoms with Crippen LogP contribution < -0.4 is 4.74 Å². The maximum atomic E-state index is 13.1. The van der Waals surface area contributed by atoms with Gasteiger partial charge in [-0.3, -0.25) is 14.5 Å². The molecular formula is C24H28ClN3O4.